The van der Waals surface area contributed by atoms with Crippen LogP contribution in [-0.2, 0) is 17.1 Å². The highest BCUT2D eigenvalue weighted by Crippen LogP contribution is 2.40. The molecule has 1 saturated heterocycles. The lowest BCUT2D eigenvalue weighted by molar-refractivity contribution is -0.607. The van der Waals surface area contributed by atoms with Crippen molar-refractivity contribution in [2.45, 2.75) is 44.6 Å². The molecule has 4 rings (SSSR count). The van der Waals surface area contributed by atoms with E-state index in [-0.39, 0.29) is 36.8 Å². The Balaban J connectivity index is 1.64. The van der Waals surface area contributed by atoms with Crippen LogP contribution < -0.4 is 10.2 Å². The van der Waals surface area contributed by atoms with Gasteiger partial charge in [-0.3, -0.25) is 15.0 Å². The van der Waals surface area contributed by atoms with E-state index >= 15 is 0 Å². The minimum Gasteiger partial charge on any atom is -0.618 e. The van der Waals surface area contributed by atoms with Crippen molar-refractivity contribution < 1.29 is 45.1 Å². The molecule has 1 aliphatic heterocycles. The first-order chi connectivity index (χ1) is 20.5. The van der Waals surface area contributed by atoms with Crippen LogP contribution in [0.3, 0.4) is 0 Å². The summed E-state index contributed by atoms with van der Waals surface area (Å²) < 4.78 is 95.3. The fourth-order valence-corrected chi connectivity index (χ4v) is 5.42. The zero-order valence-electron chi connectivity index (χ0n) is 23.8. The maximum atomic E-state index is 14.0. The van der Waals surface area contributed by atoms with E-state index in [0.717, 1.165) is 11.1 Å². The number of aromatic nitrogens is 1. The summed E-state index contributed by atoms with van der Waals surface area (Å²) in [5, 5.41) is 13.6. The maximum Gasteiger partial charge on any atom is 0.416 e. The largest absolute Gasteiger partial charge is 0.618 e. The third-order valence-corrected chi connectivity index (χ3v) is 7.90. The Kier molecular flexibility index (Phi) is 9.24. The Hall–Kier alpha value is -4.20. The van der Waals surface area contributed by atoms with Crippen LogP contribution in [-0.4, -0.2) is 41.9 Å². The molecule has 0 bridgehead atoms. The van der Waals surface area contributed by atoms with E-state index in [0.29, 0.717) is 28.0 Å². The molecule has 2 amide bonds. The van der Waals surface area contributed by atoms with Gasteiger partial charge in [0, 0.05) is 44.1 Å². The number of alkyl halides is 6. The topological polar surface area (TPSA) is 79.6 Å². The molecule has 2 heterocycles. The summed E-state index contributed by atoms with van der Waals surface area (Å²) in [4.78, 5) is 27.8. The summed E-state index contributed by atoms with van der Waals surface area (Å²) in [7, 11) is 1.30. The standard InChI is InChI=1S/C30H29F7N4O3/c1-17-12-22(31)7-8-23(17)25-16-40(38-27(42)26-6-4-5-10-41(26)44)11-9-24(25)28(43)39(3)18(2)19-13-20(29(32,33)34)15-21(14-19)30(35,36)37/h4-8,10,12-15,18,24-25H,9,11,16H2,1-3H3,(H,38,42)/t18-,24+,25-/m1/s1. The van der Waals surface area contributed by atoms with Crippen molar-refractivity contribution in [3.63, 3.8) is 0 Å². The number of carbonyl (C=O) groups is 2. The number of hydrogen-bond donors (Lipinski definition) is 1. The molecular weight excluding hydrogens is 597 g/mol. The van der Waals surface area contributed by atoms with Gasteiger partial charge in [0.15, 0.2) is 6.20 Å². The first-order valence-corrected chi connectivity index (χ1v) is 13.5. The van der Waals surface area contributed by atoms with Gasteiger partial charge in [0.1, 0.15) is 5.82 Å². The number of rotatable bonds is 6. The van der Waals surface area contributed by atoms with Crippen LogP contribution in [0.15, 0.2) is 60.8 Å². The summed E-state index contributed by atoms with van der Waals surface area (Å²) in [5.41, 5.74) is 0.219. The smallest absolute Gasteiger partial charge is 0.416 e. The van der Waals surface area contributed by atoms with Gasteiger partial charge in [0.2, 0.25) is 5.91 Å². The van der Waals surface area contributed by atoms with Crippen molar-refractivity contribution in [3.05, 3.63) is 105 Å². The summed E-state index contributed by atoms with van der Waals surface area (Å²) in [6, 6.07) is 8.30. The molecule has 2 aromatic carbocycles. The van der Waals surface area contributed by atoms with E-state index in [2.05, 4.69) is 5.43 Å². The van der Waals surface area contributed by atoms with Crippen molar-refractivity contribution in [3.8, 4) is 0 Å². The van der Waals surface area contributed by atoms with Gasteiger partial charge >= 0.3 is 18.3 Å². The van der Waals surface area contributed by atoms with Gasteiger partial charge in [-0.1, -0.05) is 6.07 Å². The minimum atomic E-state index is -5.05. The normalized spacial score (nSPS) is 18.5. The van der Waals surface area contributed by atoms with Crippen LogP contribution in [0.2, 0.25) is 0 Å². The van der Waals surface area contributed by atoms with Crippen LogP contribution in [0.1, 0.15) is 63.6 Å². The van der Waals surface area contributed by atoms with Gasteiger partial charge in [-0.2, -0.15) is 31.1 Å². The summed E-state index contributed by atoms with van der Waals surface area (Å²) in [5.74, 6) is -3.25. The van der Waals surface area contributed by atoms with Crippen molar-refractivity contribution in [1.82, 2.24) is 15.3 Å². The SMILES string of the molecule is Cc1cc(F)ccc1[C@H]1CN(NC(=O)c2cccc[n+]2[O-])CC[C@@H]1C(=O)N(C)[C@H](C)c1cc(C(F)(F)F)cc(C(F)(F)F)c1. The van der Waals surface area contributed by atoms with Gasteiger partial charge < -0.3 is 10.1 Å². The quantitative estimate of drug-likeness (QED) is 0.214. The van der Waals surface area contributed by atoms with Gasteiger partial charge in [-0.05, 0) is 73.4 Å². The average Bonchev–Trinajstić information content (AvgIpc) is 2.95. The molecule has 1 fully saturated rings. The maximum absolute atomic E-state index is 14.0. The van der Waals surface area contributed by atoms with Crippen LogP contribution in [0, 0.1) is 23.9 Å². The number of benzene rings is 2. The van der Waals surface area contributed by atoms with Crippen molar-refractivity contribution in [2.75, 3.05) is 20.1 Å². The second kappa shape index (κ2) is 12.4. The number of aryl methyl sites for hydroxylation is 1. The van der Waals surface area contributed by atoms with E-state index in [1.165, 1.54) is 55.4 Å². The van der Waals surface area contributed by atoms with Crippen molar-refractivity contribution in [1.29, 1.82) is 0 Å². The van der Waals surface area contributed by atoms with E-state index in [1.54, 1.807) is 6.92 Å². The third-order valence-electron chi connectivity index (χ3n) is 7.90. The lowest BCUT2D eigenvalue weighted by Crippen LogP contribution is -2.53. The number of piperidine rings is 1. The fourth-order valence-electron chi connectivity index (χ4n) is 5.42. The van der Waals surface area contributed by atoms with E-state index < -0.39 is 59.0 Å². The molecule has 0 aliphatic carbocycles. The Morgan fingerprint density at radius 2 is 1.66 bits per heavy atom. The molecule has 3 atom stereocenters. The number of nitrogens with zero attached hydrogens (tertiary/aromatic N) is 3. The molecule has 44 heavy (non-hydrogen) atoms. The molecule has 0 unspecified atom stereocenters. The first-order valence-electron chi connectivity index (χ1n) is 13.5. The summed E-state index contributed by atoms with van der Waals surface area (Å²) >= 11 is 0. The van der Waals surface area contributed by atoms with Gasteiger partial charge in [-0.15, -0.1) is 0 Å². The number of hydrazine groups is 1. The molecular formula is C30H29F7N4O3. The van der Waals surface area contributed by atoms with E-state index in [4.69, 9.17) is 0 Å². The number of carbonyl (C=O) groups excluding carboxylic acids is 2. The van der Waals surface area contributed by atoms with Gasteiger partial charge in [-0.25, -0.2) is 9.40 Å². The fraction of sp³-hybridized carbons (Fsp3) is 0.367. The van der Waals surface area contributed by atoms with Crippen LogP contribution >= 0.6 is 0 Å². The molecule has 236 valence electrons. The number of nitrogens with one attached hydrogen (secondary N) is 1. The highest BCUT2D eigenvalue weighted by atomic mass is 19.4. The lowest BCUT2D eigenvalue weighted by Gasteiger charge is -2.40. The van der Waals surface area contributed by atoms with Crippen molar-refractivity contribution in [2.24, 2.45) is 5.92 Å². The monoisotopic (exact) mass is 626 g/mol. The van der Waals surface area contributed by atoms with Crippen LogP contribution in [0.25, 0.3) is 0 Å². The Bertz CT molecular complexity index is 1510. The number of pyridine rings is 1. The molecule has 0 radical (unpaired) electrons. The predicted molar refractivity (Wildman–Crippen MR) is 144 cm³/mol. The number of hydrogen-bond acceptors (Lipinski definition) is 4. The Morgan fingerprint density at radius 1 is 1.02 bits per heavy atom. The summed E-state index contributed by atoms with van der Waals surface area (Å²) in [6.45, 7) is 3.15. The summed E-state index contributed by atoms with van der Waals surface area (Å²) in [6.07, 6.45) is -8.82. The van der Waals surface area contributed by atoms with E-state index in [9.17, 15) is 45.5 Å². The third kappa shape index (κ3) is 7.12. The molecule has 7 nitrogen and oxygen atoms in total. The lowest BCUT2D eigenvalue weighted by atomic mass is 9.78. The van der Waals surface area contributed by atoms with Gasteiger partial charge in [0.05, 0.1) is 17.2 Å². The average molecular weight is 627 g/mol. The van der Waals surface area contributed by atoms with Crippen molar-refractivity contribution >= 4 is 11.8 Å². The Labute approximate surface area is 248 Å². The van der Waals surface area contributed by atoms with Crippen LogP contribution in [0.4, 0.5) is 30.7 Å². The second-order valence-corrected chi connectivity index (χ2v) is 10.8. The molecule has 14 heteroatoms. The molecule has 0 spiro atoms. The highest BCUT2D eigenvalue weighted by Gasteiger charge is 2.41. The predicted octanol–water partition coefficient (Wildman–Crippen LogP) is 5.78. The van der Waals surface area contributed by atoms with Crippen LogP contribution in [0.5, 0.6) is 0 Å². The molecule has 3 aromatic rings. The van der Waals surface area contributed by atoms with E-state index in [1.807, 2.05) is 0 Å². The zero-order chi connectivity index (χ0) is 32.6. The molecule has 1 aromatic heterocycles. The number of amides is 2. The first kappa shape index (κ1) is 32.7. The highest BCUT2D eigenvalue weighted by molar-refractivity contribution is 5.90. The van der Waals surface area contributed by atoms with Gasteiger partial charge in [0.25, 0.3) is 5.69 Å². The Morgan fingerprint density at radius 3 is 2.23 bits per heavy atom. The second-order valence-electron chi connectivity index (χ2n) is 10.8. The number of halogens is 7. The molecule has 1 N–H and O–H groups in total. The molecule has 0 saturated carbocycles. The zero-order valence-corrected chi connectivity index (χ0v) is 23.8. The molecule has 1 aliphatic rings. The minimum absolute atomic E-state index is 0.0269.